The summed E-state index contributed by atoms with van der Waals surface area (Å²) in [5.74, 6) is 1.14. The van der Waals surface area contributed by atoms with Crippen molar-refractivity contribution in [1.82, 2.24) is 18.5 Å². The number of hydrogen-bond acceptors (Lipinski definition) is 4. The SMILES string of the molecule is CCc1nn(C)c(=O)c2cc(S(=O)(=O)N3CCC(Cc4ccccc4)CC3)cn12. The van der Waals surface area contributed by atoms with Gasteiger partial charge in [0.2, 0.25) is 10.0 Å². The topological polar surface area (TPSA) is 76.7 Å². The standard InChI is InChI=1S/C21H26N4O3S/c1-3-20-22-23(2)21(26)19-14-18(15-25(19)20)29(27,28)24-11-9-17(10-12-24)13-16-7-5-4-6-8-16/h4-8,14-15,17H,3,9-13H2,1-2H3. The predicted octanol–water partition coefficient (Wildman–Crippen LogP) is 2.24. The van der Waals surface area contributed by atoms with Crippen LogP contribution in [-0.2, 0) is 29.9 Å². The van der Waals surface area contributed by atoms with Crippen molar-refractivity contribution in [2.75, 3.05) is 13.1 Å². The van der Waals surface area contributed by atoms with Crippen LogP contribution in [0.25, 0.3) is 5.52 Å². The van der Waals surface area contributed by atoms with E-state index in [0.29, 0.717) is 36.8 Å². The van der Waals surface area contributed by atoms with Crippen molar-refractivity contribution >= 4 is 15.5 Å². The maximum atomic E-state index is 13.2. The second-order valence-electron chi connectivity index (χ2n) is 7.67. The van der Waals surface area contributed by atoms with Gasteiger partial charge in [0, 0.05) is 32.8 Å². The van der Waals surface area contributed by atoms with E-state index in [1.807, 2.05) is 25.1 Å². The average molecular weight is 415 g/mol. The van der Waals surface area contributed by atoms with E-state index < -0.39 is 10.0 Å². The number of rotatable bonds is 5. The molecule has 1 aliphatic heterocycles. The lowest BCUT2D eigenvalue weighted by atomic mass is 9.91. The zero-order valence-corrected chi connectivity index (χ0v) is 17.6. The first kappa shape index (κ1) is 19.8. The van der Waals surface area contributed by atoms with Crippen LogP contribution in [-0.4, -0.2) is 40.0 Å². The molecular formula is C21H26N4O3S. The van der Waals surface area contributed by atoms with E-state index in [2.05, 4.69) is 17.2 Å². The molecule has 0 spiro atoms. The Morgan fingerprint density at radius 2 is 1.83 bits per heavy atom. The maximum Gasteiger partial charge on any atom is 0.290 e. The van der Waals surface area contributed by atoms with Crippen LogP contribution in [0.3, 0.4) is 0 Å². The third-order valence-electron chi connectivity index (χ3n) is 5.75. The summed E-state index contributed by atoms with van der Waals surface area (Å²) in [6.45, 7) is 2.93. The number of aromatic nitrogens is 3. The first-order chi connectivity index (χ1) is 13.9. The molecule has 1 aromatic carbocycles. The van der Waals surface area contributed by atoms with Crippen molar-refractivity contribution in [1.29, 1.82) is 0 Å². The van der Waals surface area contributed by atoms with E-state index in [-0.39, 0.29) is 10.5 Å². The number of hydrogen-bond donors (Lipinski definition) is 0. The zero-order valence-electron chi connectivity index (χ0n) is 16.8. The normalized spacial score (nSPS) is 16.5. The van der Waals surface area contributed by atoms with Crippen LogP contribution in [0.5, 0.6) is 0 Å². The Morgan fingerprint density at radius 1 is 1.14 bits per heavy atom. The molecule has 29 heavy (non-hydrogen) atoms. The highest BCUT2D eigenvalue weighted by Gasteiger charge is 2.31. The summed E-state index contributed by atoms with van der Waals surface area (Å²) in [7, 11) is -2.05. The van der Waals surface area contributed by atoms with Gasteiger partial charge in [-0.2, -0.15) is 9.40 Å². The van der Waals surface area contributed by atoms with Crippen LogP contribution in [0, 0.1) is 5.92 Å². The summed E-state index contributed by atoms with van der Waals surface area (Å²) in [6, 6.07) is 11.8. The fourth-order valence-corrected chi connectivity index (χ4v) is 5.57. The zero-order chi connectivity index (χ0) is 20.6. The van der Waals surface area contributed by atoms with Gasteiger partial charge in [-0.05, 0) is 36.8 Å². The average Bonchev–Trinajstić information content (AvgIpc) is 3.19. The number of aryl methyl sites for hydroxylation is 2. The van der Waals surface area contributed by atoms with Crippen molar-refractivity contribution in [3.05, 3.63) is 64.3 Å². The van der Waals surface area contributed by atoms with Gasteiger partial charge in [0.05, 0.1) is 0 Å². The van der Waals surface area contributed by atoms with E-state index >= 15 is 0 Å². The molecule has 3 heterocycles. The number of fused-ring (bicyclic) bond motifs is 1. The molecule has 0 unspecified atom stereocenters. The lowest BCUT2D eigenvalue weighted by molar-refractivity contribution is 0.273. The molecule has 1 aliphatic rings. The maximum absolute atomic E-state index is 13.2. The van der Waals surface area contributed by atoms with E-state index in [9.17, 15) is 13.2 Å². The van der Waals surface area contributed by atoms with Crippen molar-refractivity contribution < 1.29 is 8.42 Å². The van der Waals surface area contributed by atoms with E-state index in [1.165, 1.54) is 22.5 Å². The molecule has 0 amide bonds. The van der Waals surface area contributed by atoms with Crippen molar-refractivity contribution in [3.63, 3.8) is 0 Å². The molecule has 1 fully saturated rings. The van der Waals surface area contributed by atoms with Gasteiger partial charge in [-0.3, -0.25) is 9.20 Å². The highest BCUT2D eigenvalue weighted by Crippen LogP contribution is 2.27. The number of nitrogens with zero attached hydrogens (tertiary/aromatic N) is 4. The molecule has 1 saturated heterocycles. The molecule has 0 N–H and O–H groups in total. The summed E-state index contributed by atoms with van der Waals surface area (Å²) in [5.41, 5.74) is 1.34. The number of piperidine rings is 1. The van der Waals surface area contributed by atoms with Gasteiger partial charge < -0.3 is 0 Å². The molecule has 0 bridgehead atoms. The van der Waals surface area contributed by atoms with Gasteiger partial charge in [-0.1, -0.05) is 37.3 Å². The van der Waals surface area contributed by atoms with E-state index in [4.69, 9.17) is 0 Å². The van der Waals surface area contributed by atoms with Gasteiger partial charge in [0.25, 0.3) is 5.56 Å². The molecule has 0 atom stereocenters. The van der Waals surface area contributed by atoms with Gasteiger partial charge in [-0.15, -0.1) is 0 Å². The van der Waals surface area contributed by atoms with Gasteiger partial charge in [0.1, 0.15) is 16.2 Å². The minimum atomic E-state index is -3.64. The van der Waals surface area contributed by atoms with Crippen LogP contribution in [0.1, 0.15) is 31.2 Å². The minimum Gasteiger partial charge on any atom is -0.297 e. The third-order valence-corrected chi connectivity index (χ3v) is 7.61. The molecule has 0 radical (unpaired) electrons. The molecule has 0 aliphatic carbocycles. The Hall–Kier alpha value is -2.45. The largest absolute Gasteiger partial charge is 0.297 e. The minimum absolute atomic E-state index is 0.166. The van der Waals surface area contributed by atoms with Crippen molar-refractivity contribution in [3.8, 4) is 0 Å². The highest BCUT2D eigenvalue weighted by atomic mass is 32.2. The molecule has 154 valence electrons. The van der Waals surface area contributed by atoms with Crippen LogP contribution >= 0.6 is 0 Å². The summed E-state index contributed by atoms with van der Waals surface area (Å²) in [4.78, 5) is 12.6. The van der Waals surface area contributed by atoms with Crippen molar-refractivity contribution in [2.24, 2.45) is 13.0 Å². The smallest absolute Gasteiger partial charge is 0.290 e. The van der Waals surface area contributed by atoms with Gasteiger partial charge >= 0.3 is 0 Å². The molecular weight excluding hydrogens is 388 g/mol. The summed E-state index contributed by atoms with van der Waals surface area (Å²) < 4.78 is 30.8. The molecule has 2 aromatic heterocycles. The third kappa shape index (κ3) is 3.74. The lowest BCUT2D eigenvalue weighted by Gasteiger charge is -2.31. The molecule has 8 heteroatoms. The van der Waals surface area contributed by atoms with Crippen LogP contribution in [0.2, 0.25) is 0 Å². The Balaban J connectivity index is 1.55. The first-order valence-electron chi connectivity index (χ1n) is 10.0. The highest BCUT2D eigenvalue weighted by molar-refractivity contribution is 7.89. The Kier molecular flexibility index (Phi) is 5.31. The molecule has 4 rings (SSSR count). The number of sulfonamides is 1. The van der Waals surface area contributed by atoms with E-state index in [0.717, 1.165) is 19.3 Å². The quantitative estimate of drug-likeness (QED) is 0.642. The van der Waals surface area contributed by atoms with E-state index in [1.54, 1.807) is 15.8 Å². The molecule has 3 aromatic rings. The Bertz CT molecular complexity index is 1170. The van der Waals surface area contributed by atoms with Gasteiger partial charge in [-0.25, -0.2) is 13.1 Å². The molecule has 7 nitrogen and oxygen atoms in total. The monoisotopic (exact) mass is 414 g/mol. The second kappa shape index (κ2) is 7.76. The summed E-state index contributed by atoms with van der Waals surface area (Å²) in [5, 5.41) is 4.24. The summed E-state index contributed by atoms with van der Waals surface area (Å²) >= 11 is 0. The fourth-order valence-electron chi connectivity index (χ4n) is 4.08. The summed E-state index contributed by atoms with van der Waals surface area (Å²) in [6.07, 6.45) is 4.79. The van der Waals surface area contributed by atoms with Gasteiger partial charge in [0.15, 0.2) is 0 Å². The predicted molar refractivity (Wildman–Crippen MR) is 111 cm³/mol. The fraction of sp³-hybridized carbons (Fsp3) is 0.429. The second-order valence-corrected chi connectivity index (χ2v) is 9.60. The van der Waals surface area contributed by atoms with Crippen molar-refractivity contribution in [2.45, 2.75) is 37.5 Å². The van der Waals surface area contributed by atoms with Crippen LogP contribution in [0.15, 0.2) is 52.3 Å². The Morgan fingerprint density at radius 3 is 2.48 bits per heavy atom. The first-order valence-corrected chi connectivity index (χ1v) is 11.5. The lowest BCUT2D eigenvalue weighted by Crippen LogP contribution is -2.38. The van der Waals surface area contributed by atoms with Crippen LogP contribution in [0.4, 0.5) is 0 Å². The Labute approximate surface area is 170 Å². The number of benzene rings is 1. The van der Waals surface area contributed by atoms with Crippen LogP contribution < -0.4 is 5.56 Å². The molecule has 0 saturated carbocycles.